The van der Waals surface area contributed by atoms with Crippen molar-refractivity contribution in [2.45, 2.75) is 6.92 Å². The van der Waals surface area contributed by atoms with E-state index in [9.17, 15) is 9.59 Å². The monoisotopic (exact) mass is 402 g/mol. The van der Waals surface area contributed by atoms with Gasteiger partial charge in [0.2, 0.25) is 0 Å². The molecule has 5 nitrogen and oxygen atoms in total. The van der Waals surface area contributed by atoms with Crippen molar-refractivity contribution in [2.24, 2.45) is 0 Å². The second-order valence-corrected chi connectivity index (χ2v) is 6.49. The van der Waals surface area contributed by atoms with Crippen LogP contribution in [0.25, 0.3) is 10.8 Å². The molecule has 0 aliphatic heterocycles. The number of nitrogens with zero attached hydrogens (tertiary/aromatic N) is 2. The van der Waals surface area contributed by atoms with Crippen LogP contribution in [0.3, 0.4) is 0 Å². The average Bonchev–Trinajstić information content (AvgIpc) is 2.66. The Labute approximate surface area is 166 Å². The van der Waals surface area contributed by atoms with Crippen LogP contribution in [0.5, 0.6) is 0 Å². The molecule has 1 heterocycles. The average molecular weight is 403 g/mol. The summed E-state index contributed by atoms with van der Waals surface area (Å²) < 4.78 is 5.14. The normalized spacial score (nSPS) is 10.6. The molecule has 2 aromatic carbocycles. The predicted molar refractivity (Wildman–Crippen MR) is 107 cm³/mol. The van der Waals surface area contributed by atoms with Crippen molar-refractivity contribution in [3.05, 3.63) is 70.5 Å². The van der Waals surface area contributed by atoms with E-state index in [2.05, 4.69) is 4.98 Å². The molecule has 0 radical (unpaired) electrons. The van der Waals surface area contributed by atoms with Crippen LogP contribution in [0.4, 0.5) is 5.69 Å². The molecule has 0 saturated carbocycles. The van der Waals surface area contributed by atoms with Gasteiger partial charge in [-0.3, -0.25) is 4.79 Å². The van der Waals surface area contributed by atoms with Crippen LogP contribution >= 0.6 is 23.2 Å². The van der Waals surface area contributed by atoms with Crippen molar-refractivity contribution in [1.29, 1.82) is 0 Å². The summed E-state index contributed by atoms with van der Waals surface area (Å²) in [6.45, 7) is 1.91. The van der Waals surface area contributed by atoms with E-state index in [0.717, 1.165) is 16.5 Å². The van der Waals surface area contributed by atoms with Gasteiger partial charge in [-0.1, -0.05) is 59.6 Å². The fourth-order valence-corrected chi connectivity index (χ4v) is 3.26. The maximum atomic E-state index is 12.7. The number of anilines is 1. The molecule has 138 valence electrons. The summed E-state index contributed by atoms with van der Waals surface area (Å²) in [6.07, 6.45) is 0. The van der Waals surface area contributed by atoms with Gasteiger partial charge in [0.1, 0.15) is 10.3 Å². The maximum absolute atomic E-state index is 12.7. The van der Waals surface area contributed by atoms with E-state index >= 15 is 0 Å². The van der Waals surface area contributed by atoms with Crippen LogP contribution in [0.2, 0.25) is 10.3 Å². The Morgan fingerprint density at radius 2 is 1.70 bits per heavy atom. The summed E-state index contributed by atoms with van der Waals surface area (Å²) >= 11 is 11.6. The molecule has 0 aliphatic carbocycles. The molecule has 27 heavy (non-hydrogen) atoms. The van der Waals surface area contributed by atoms with E-state index in [0.29, 0.717) is 6.54 Å². The molecular weight excluding hydrogens is 387 g/mol. The highest BCUT2D eigenvalue weighted by atomic mass is 35.5. The highest BCUT2D eigenvalue weighted by molar-refractivity contribution is 6.33. The number of rotatable bonds is 5. The number of ether oxygens (including phenoxy) is 1. The van der Waals surface area contributed by atoms with Crippen molar-refractivity contribution in [3.8, 4) is 0 Å². The van der Waals surface area contributed by atoms with Gasteiger partial charge in [-0.15, -0.1) is 0 Å². The summed E-state index contributed by atoms with van der Waals surface area (Å²) in [5.74, 6) is -1.02. The van der Waals surface area contributed by atoms with Crippen molar-refractivity contribution in [3.63, 3.8) is 0 Å². The van der Waals surface area contributed by atoms with Gasteiger partial charge < -0.3 is 9.64 Å². The number of likely N-dealkylation sites (N-methyl/N-ethyl adjacent to an activating group) is 1. The molecule has 0 spiro atoms. The molecule has 0 unspecified atom stereocenters. The van der Waals surface area contributed by atoms with Crippen LogP contribution in [-0.2, 0) is 9.53 Å². The summed E-state index contributed by atoms with van der Waals surface area (Å²) in [5.41, 5.74) is 0.910. The minimum atomic E-state index is -0.691. The van der Waals surface area contributed by atoms with E-state index < -0.39 is 12.6 Å². The van der Waals surface area contributed by atoms with E-state index in [1.807, 2.05) is 49.4 Å². The maximum Gasteiger partial charge on any atom is 0.338 e. The Morgan fingerprint density at radius 1 is 1.04 bits per heavy atom. The van der Waals surface area contributed by atoms with E-state index in [1.165, 1.54) is 12.1 Å². The SMILES string of the molecule is CCN(C(=O)COC(=O)c1cc(Cl)nc(Cl)c1)c1cccc2ccccc12. The molecule has 3 rings (SSSR count). The number of carbonyl (C=O) groups excluding carboxylic acids is 2. The van der Waals surface area contributed by atoms with Gasteiger partial charge in [-0.25, -0.2) is 9.78 Å². The van der Waals surface area contributed by atoms with Crippen molar-refractivity contribution in [1.82, 2.24) is 4.98 Å². The highest BCUT2D eigenvalue weighted by Gasteiger charge is 2.19. The first-order chi connectivity index (χ1) is 13.0. The molecule has 1 aromatic heterocycles. The second kappa shape index (κ2) is 8.37. The van der Waals surface area contributed by atoms with Crippen LogP contribution < -0.4 is 4.90 Å². The molecular formula is C20H16Cl2N2O3. The van der Waals surface area contributed by atoms with E-state index in [4.69, 9.17) is 27.9 Å². The number of hydrogen-bond acceptors (Lipinski definition) is 4. The summed E-state index contributed by atoms with van der Waals surface area (Å²) in [4.78, 5) is 30.2. The molecule has 0 bridgehead atoms. The van der Waals surface area contributed by atoms with E-state index in [-0.39, 0.29) is 21.8 Å². The number of benzene rings is 2. The minimum absolute atomic E-state index is 0.0757. The van der Waals surface area contributed by atoms with Crippen LogP contribution in [0.15, 0.2) is 54.6 Å². The lowest BCUT2D eigenvalue weighted by Gasteiger charge is -2.22. The number of carbonyl (C=O) groups is 2. The Bertz CT molecular complexity index is 982. The number of amides is 1. The number of esters is 1. The van der Waals surface area contributed by atoms with Gasteiger partial charge in [-0.2, -0.15) is 0 Å². The first-order valence-electron chi connectivity index (χ1n) is 8.28. The number of pyridine rings is 1. The number of hydrogen-bond donors (Lipinski definition) is 0. The van der Waals surface area contributed by atoms with Crippen LogP contribution in [0, 0.1) is 0 Å². The summed E-state index contributed by atoms with van der Waals surface area (Å²) in [6, 6.07) is 16.2. The molecule has 3 aromatic rings. The number of halogens is 2. The van der Waals surface area contributed by atoms with Gasteiger partial charge in [0.05, 0.1) is 11.3 Å². The smallest absolute Gasteiger partial charge is 0.338 e. The first-order valence-corrected chi connectivity index (χ1v) is 9.03. The highest BCUT2D eigenvalue weighted by Crippen LogP contribution is 2.26. The summed E-state index contributed by atoms with van der Waals surface area (Å²) in [5, 5.41) is 2.13. The van der Waals surface area contributed by atoms with Crippen LogP contribution in [-0.4, -0.2) is 30.0 Å². The lowest BCUT2D eigenvalue weighted by molar-refractivity contribution is -0.121. The Morgan fingerprint density at radius 3 is 2.41 bits per heavy atom. The predicted octanol–water partition coefficient (Wildman–Crippen LogP) is 4.75. The zero-order chi connectivity index (χ0) is 19.4. The third kappa shape index (κ3) is 4.38. The Balaban J connectivity index is 1.76. The third-order valence-corrected chi connectivity index (χ3v) is 4.39. The quantitative estimate of drug-likeness (QED) is 0.456. The minimum Gasteiger partial charge on any atom is -0.452 e. The molecule has 0 fully saturated rings. The zero-order valence-electron chi connectivity index (χ0n) is 14.5. The fourth-order valence-electron chi connectivity index (χ4n) is 2.80. The summed E-state index contributed by atoms with van der Waals surface area (Å²) in [7, 11) is 0. The standard InChI is InChI=1S/C20H16Cl2N2O3/c1-2-24(16-9-5-7-13-6-3-4-8-15(13)16)19(25)12-27-20(26)14-10-17(21)23-18(22)11-14/h3-11H,2,12H2,1H3. The van der Waals surface area contributed by atoms with E-state index in [1.54, 1.807) is 4.90 Å². The lowest BCUT2D eigenvalue weighted by Crippen LogP contribution is -2.34. The number of aromatic nitrogens is 1. The van der Waals surface area contributed by atoms with Gasteiger partial charge in [0.15, 0.2) is 6.61 Å². The van der Waals surface area contributed by atoms with Gasteiger partial charge in [0, 0.05) is 11.9 Å². The largest absolute Gasteiger partial charge is 0.452 e. The van der Waals surface area contributed by atoms with Gasteiger partial charge in [-0.05, 0) is 30.5 Å². The van der Waals surface area contributed by atoms with Crippen molar-refractivity contribution >= 4 is 51.5 Å². The number of fused-ring (bicyclic) bond motifs is 1. The molecule has 0 aliphatic rings. The molecule has 1 amide bonds. The van der Waals surface area contributed by atoms with Gasteiger partial charge >= 0.3 is 5.97 Å². The fraction of sp³-hybridized carbons (Fsp3) is 0.150. The van der Waals surface area contributed by atoms with Gasteiger partial charge in [0.25, 0.3) is 5.91 Å². The zero-order valence-corrected chi connectivity index (χ0v) is 16.0. The molecule has 7 heteroatoms. The van der Waals surface area contributed by atoms with Crippen molar-refractivity contribution in [2.75, 3.05) is 18.1 Å². The van der Waals surface area contributed by atoms with Crippen molar-refractivity contribution < 1.29 is 14.3 Å². The molecule has 0 saturated heterocycles. The third-order valence-electron chi connectivity index (χ3n) is 4.00. The first kappa shape index (κ1) is 19.1. The molecule has 0 N–H and O–H groups in total. The molecule has 0 atom stereocenters. The second-order valence-electron chi connectivity index (χ2n) is 5.71. The Hall–Kier alpha value is -2.63. The Kier molecular flexibility index (Phi) is 5.94. The van der Waals surface area contributed by atoms with Crippen LogP contribution in [0.1, 0.15) is 17.3 Å². The topological polar surface area (TPSA) is 59.5 Å². The lowest BCUT2D eigenvalue weighted by atomic mass is 10.1.